The summed E-state index contributed by atoms with van der Waals surface area (Å²) >= 11 is 5.65. The van der Waals surface area contributed by atoms with Crippen molar-refractivity contribution in [2.24, 2.45) is 0 Å². The Labute approximate surface area is 94.9 Å². The van der Waals surface area contributed by atoms with E-state index in [-0.39, 0.29) is 17.4 Å². The molecule has 0 radical (unpaired) electrons. The first-order valence-corrected chi connectivity index (χ1v) is 4.86. The standard InChI is InChI=1S/C10H7ClF2O3/c11-7-4-9-8(15-1-2-16-9)3-6(7)10(12,13)5-14/h3-5H,1-2H2. The number of benzene rings is 1. The maximum atomic E-state index is 13.2. The van der Waals surface area contributed by atoms with Crippen molar-refractivity contribution in [2.75, 3.05) is 13.2 Å². The summed E-state index contributed by atoms with van der Waals surface area (Å²) < 4.78 is 36.6. The minimum absolute atomic E-state index is 0.173. The smallest absolute Gasteiger partial charge is 0.329 e. The van der Waals surface area contributed by atoms with Crippen LogP contribution in [0.2, 0.25) is 5.02 Å². The topological polar surface area (TPSA) is 35.5 Å². The molecule has 0 saturated heterocycles. The number of halogens is 3. The van der Waals surface area contributed by atoms with Crippen molar-refractivity contribution >= 4 is 17.9 Å². The fourth-order valence-electron chi connectivity index (χ4n) is 1.38. The highest BCUT2D eigenvalue weighted by Gasteiger charge is 2.35. The number of fused-ring (bicyclic) bond motifs is 1. The first kappa shape index (κ1) is 11.1. The molecule has 2 rings (SSSR count). The summed E-state index contributed by atoms with van der Waals surface area (Å²) in [5, 5.41) is -0.221. The van der Waals surface area contributed by atoms with E-state index in [2.05, 4.69) is 0 Å². The molecule has 1 aliphatic heterocycles. The van der Waals surface area contributed by atoms with Gasteiger partial charge < -0.3 is 9.47 Å². The Kier molecular flexibility index (Phi) is 2.71. The zero-order valence-electron chi connectivity index (χ0n) is 8.00. The van der Waals surface area contributed by atoms with E-state index in [9.17, 15) is 13.6 Å². The van der Waals surface area contributed by atoms with Crippen LogP contribution in [-0.4, -0.2) is 19.5 Å². The van der Waals surface area contributed by atoms with Gasteiger partial charge in [0.2, 0.25) is 0 Å². The lowest BCUT2D eigenvalue weighted by molar-refractivity contribution is -0.130. The molecule has 0 aromatic heterocycles. The summed E-state index contributed by atoms with van der Waals surface area (Å²) in [6.45, 7) is 0.619. The van der Waals surface area contributed by atoms with Crippen LogP contribution >= 0.6 is 11.6 Å². The normalized spacial score (nSPS) is 14.7. The number of alkyl halides is 2. The zero-order chi connectivity index (χ0) is 11.8. The van der Waals surface area contributed by atoms with Crippen LogP contribution in [0.4, 0.5) is 8.78 Å². The molecule has 1 heterocycles. The van der Waals surface area contributed by atoms with Crippen molar-refractivity contribution in [3.63, 3.8) is 0 Å². The van der Waals surface area contributed by atoms with Crippen molar-refractivity contribution in [3.8, 4) is 11.5 Å². The average molecular weight is 249 g/mol. The van der Waals surface area contributed by atoms with Gasteiger partial charge in [0, 0.05) is 6.07 Å². The van der Waals surface area contributed by atoms with Crippen LogP contribution < -0.4 is 9.47 Å². The van der Waals surface area contributed by atoms with Crippen LogP contribution in [0.1, 0.15) is 5.56 Å². The first-order chi connectivity index (χ1) is 7.54. The number of rotatable bonds is 2. The lowest BCUT2D eigenvalue weighted by Crippen LogP contribution is -2.19. The molecule has 0 spiro atoms. The molecule has 1 aromatic rings. The first-order valence-electron chi connectivity index (χ1n) is 4.48. The molecular weight excluding hydrogens is 242 g/mol. The van der Waals surface area contributed by atoms with Crippen molar-refractivity contribution in [2.45, 2.75) is 5.92 Å². The molecule has 0 N–H and O–H groups in total. The molecule has 0 bridgehead atoms. The SMILES string of the molecule is O=CC(F)(F)c1cc2c(cc1Cl)OCCO2. The number of ether oxygens (including phenoxy) is 2. The monoisotopic (exact) mass is 248 g/mol. The number of aldehydes is 1. The second-order valence-corrected chi connectivity index (χ2v) is 3.62. The Hall–Kier alpha value is -1.36. The molecule has 86 valence electrons. The zero-order valence-corrected chi connectivity index (χ0v) is 8.76. The Bertz CT molecular complexity index is 434. The van der Waals surface area contributed by atoms with E-state index in [4.69, 9.17) is 21.1 Å². The quantitative estimate of drug-likeness (QED) is 0.754. The largest absolute Gasteiger partial charge is 0.486 e. The number of carbonyl (C=O) groups is 1. The second kappa shape index (κ2) is 3.90. The van der Waals surface area contributed by atoms with Crippen molar-refractivity contribution in [1.82, 2.24) is 0 Å². The van der Waals surface area contributed by atoms with Crippen molar-refractivity contribution < 1.29 is 23.0 Å². The van der Waals surface area contributed by atoms with Gasteiger partial charge in [0.05, 0.1) is 10.6 Å². The van der Waals surface area contributed by atoms with Gasteiger partial charge in [-0.05, 0) is 6.07 Å². The van der Waals surface area contributed by atoms with E-state index in [1.165, 1.54) is 6.07 Å². The maximum Gasteiger partial charge on any atom is 0.329 e. The van der Waals surface area contributed by atoms with Gasteiger partial charge >= 0.3 is 5.92 Å². The third kappa shape index (κ3) is 1.82. The highest BCUT2D eigenvalue weighted by atomic mass is 35.5. The van der Waals surface area contributed by atoms with Crippen LogP contribution in [0.25, 0.3) is 0 Å². The third-order valence-corrected chi connectivity index (χ3v) is 2.45. The molecule has 3 nitrogen and oxygen atoms in total. The minimum atomic E-state index is -3.62. The Balaban J connectivity index is 2.51. The maximum absolute atomic E-state index is 13.2. The molecule has 1 aromatic carbocycles. The molecule has 0 unspecified atom stereocenters. The van der Waals surface area contributed by atoms with Crippen LogP contribution in [0, 0.1) is 0 Å². The van der Waals surface area contributed by atoms with Gasteiger partial charge in [-0.1, -0.05) is 11.6 Å². The molecule has 0 saturated carbocycles. The second-order valence-electron chi connectivity index (χ2n) is 3.22. The van der Waals surface area contributed by atoms with Gasteiger partial charge in [-0.2, -0.15) is 8.78 Å². The predicted molar refractivity (Wildman–Crippen MR) is 52.4 cm³/mol. The van der Waals surface area contributed by atoms with E-state index in [0.717, 1.165) is 6.07 Å². The average Bonchev–Trinajstić information content (AvgIpc) is 2.28. The van der Waals surface area contributed by atoms with Gasteiger partial charge in [0.15, 0.2) is 17.8 Å². The molecule has 0 atom stereocenters. The number of hydrogen-bond donors (Lipinski definition) is 0. The van der Waals surface area contributed by atoms with E-state index in [1.807, 2.05) is 0 Å². The van der Waals surface area contributed by atoms with Gasteiger partial charge in [-0.3, -0.25) is 4.79 Å². The number of hydrogen-bond acceptors (Lipinski definition) is 3. The summed E-state index contributed by atoms with van der Waals surface area (Å²) in [5.41, 5.74) is -0.576. The van der Waals surface area contributed by atoms with E-state index < -0.39 is 17.8 Å². The minimum Gasteiger partial charge on any atom is -0.486 e. The summed E-state index contributed by atoms with van der Waals surface area (Å²) in [6, 6.07) is 2.26. The van der Waals surface area contributed by atoms with Gasteiger partial charge in [-0.25, -0.2) is 0 Å². The molecule has 0 fully saturated rings. The highest BCUT2D eigenvalue weighted by Crippen LogP contribution is 2.40. The van der Waals surface area contributed by atoms with Crippen molar-refractivity contribution in [3.05, 3.63) is 22.7 Å². The fraction of sp³-hybridized carbons (Fsp3) is 0.300. The van der Waals surface area contributed by atoms with Crippen molar-refractivity contribution in [1.29, 1.82) is 0 Å². The molecule has 0 aliphatic carbocycles. The molecule has 6 heteroatoms. The third-order valence-electron chi connectivity index (χ3n) is 2.14. The lowest BCUT2D eigenvalue weighted by atomic mass is 10.1. The van der Waals surface area contributed by atoms with Crippen LogP contribution in [-0.2, 0) is 10.7 Å². The van der Waals surface area contributed by atoms with E-state index in [1.54, 1.807) is 0 Å². The summed E-state index contributed by atoms with van der Waals surface area (Å²) in [6.07, 6.45) is -0.454. The van der Waals surface area contributed by atoms with Crippen LogP contribution in [0.15, 0.2) is 12.1 Å². The Morgan fingerprint density at radius 1 is 1.25 bits per heavy atom. The van der Waals surface area contributed by atoms with E-state index in [0.29, 0.717) is 12.4 Å². The predicted octanol–water partition coefficient (Wildman–Crippen LogP) is 2.40. The molecule has 1 aliphatic rings. The molecular formula is C10H7ClF2O3. The summed E-state index contributed by atoms with van der Waals surface area (Å²) in [5.74, 6) is -3.14. The highest BCUT2D eigenvalue weighted by molar-refractivity contribution is 6.31. The molecule has 0 amide bonds. The van der Waals surface area contributed by atoms with Gasteiger partial charge in [0.25, 0.3) is 0 Å². The molecule has 16 heavy (non-hydrogen) atoms. The van der Waals surface area contributed by atoms with Crippen LogP contribution in [0.5, 0.6) is 11.5 Å². The number of carbonyl (C=O) groups excluding carboxylic acids is 1. The van der Waals surface area contributed by atoms with Gasteiger partial charge in [-0.15, -0.1) is 0 Å². The Morgan fingerprint density at radius 3 is 2.38 bits per heavy atom. The van der Waals surface area contributed by atoms with Crippen LogP contribution in [0.3, 0.4) is 0 Å². The Morgan fingerprint density at radius 2 is 1.81 bits per heavy atom. The summed E-state index contributed by atoms with van der Waals surface area (Å²) in [4.78, 5) is 10.3. The summed E-state index contributed by atoms with van der Waals surface area (Å²) in [7, 11) is 0. The van der Waals surface area contributed by atoms with E-state index >= 15 is 0 Å². The lowest BCUT2D eigenvalue weighted by Gasteiger charge is -2.21. The fourth-order valence-corrected chi connectivity index (χ4v) is 1.66. The van der Waals surface area contributed by atoms with Gasteiger partial charge in [0.1, 0.15) is 13.2 Å².